The van der Waals surface area contributed by atoms with E-state index in [0.717, 1.165) is 11.5 Å². The van der Waals surface area contributed by atoms with E-state index in [2.05, 4.69) is 31.6 Å². The number of ketones is 1. The minimum absolute atomic E-state index is 0.0750. The summed E-state index contributed by atoms with van der Waals surface area (Å²) in [7, 11) is 1.60. The predicted molar refractivity (Wildman–Crippen MR) is 70.8 cm³/mol. The Morgan fingerprint density at radius 2 is 2.38 bits per heavy atom. The van der Waals surface area contributed by atoms with E-state index in [1.165, 1.54) is 0 Å². The summed E-state index contributed by atoms with van der Waals surface area (Å²) in [5.41, 5.74) is 0. The summed E-state index contributed by atoms with van der Waals surface area (Å²) in [5, 5.41) is 13.8. The molecule has 16 heavy (non-hydrogen) atoms. The van der Waals surface area contributed by atoms with E-state index in [0.29, 0.717) is 12.5 Å². The molecule has 1 unspecified atom stereocenters. The van der Waals surface area contributed by atoms with Crippen molar-refractivity contribution in [3.63, 3.8) is 0 Å². The molecule has 1 atom stereocenters. The Labute approximate surface area is 108 Å². The van der Waals surface area contributed by atoms with Crippen LogP contribution in [0.1, 0.15) is 6.92 Å². The summed E-state index contributed by atoms with van der Waals surface area (Å²) in [6.45, 7) is 2.26. The number of nitriles is 1. The number of hydrogen-bond donors (Lipinski definition) is 2. The number of nitrogens with one attached hydrogen (secondary N) is 2. The van der Waals surface area contributed by atoms with Crippen molar-refractivity contribution in [1.29, 1.82) is 5.26 Å². The van der Waals surface area contributed by atoms with Crippen LogP contribution in [-0.4, -0.2) is 41.7 Å². The quantitative estimate of drug-likeness (QED) is 0.189. The fourth-order valence-corrected chi connectivity index (χ4v) is 2.19. The second-order valence-corrected chi connectivity index (χ2v) is 5.14. The molecule has 0 rings (SSSR count). The summed E-state index contributed by atoms with van der Waals surface area (Å²) in [6, 6.07) is 0. The summed E-state index contributed by atoms with van der Waals surface area (Å²) in [6.07, 6.45) is 1.79. The maximum absolute atomic E-state index is 10.9. The Hall–Kier alpha value is -0.740. The van der Waals surface area contributed by atoms with Gasteiger partial charge in [0.1, 0.15) is 5.78 Å². The summed E-state index contributed by atoms with van der Waals surface area (Å²) in [4.78, 5) is 14.7. The van der Waals surface area contributed by atoms with Gasteiger partial charge in [-0.25, -0.2) is 0 Å². The van der Waals surface area contributed by atoms with Gasteiger partial charge in [0.25, 0.3) is 0 Å². The standard InChI is InChI=1S/C9H15BrN4OS/c1-7(15)8(10)5-16-4-3-13-9(12-2)14-6-11/h8H,3-5H2,1-2H3,(H2,12,13,14). The molecule has 0 aliphatic carbocycles. The number of carbonyl (C=O) groups excluding carboxylic acids is 1. The largest absolute Gasteiger partial charge is 0.355 e. The van der Waals surface area contributed by atoms with E-state index in [1.54, 1.807) is 31.9 Å². The summed E-state index contributed by atoms with van der Waals surface area (Å²) < 4.78 is 0. The molecular weight excluding hydrogens is 292 g/mol. The van der Waals surface area contributed by atoms with Crippen molar-refractivity contribution in [3.05, 3.63) is 0 Å². The molecule has 0 fully saturated rings. The SMILES string of the molecule is CN=C(NC#N)NCCSCC(Br)C(C)=O. The normalized spacial score (nSPS) is 12.8. The maximum atomic E-state index is 10.9. The molecule has 0 spiro atoms. The zero-order valence-electron chi connectivity index (χ0n) is 9.29. The third-order valence-electron chi connectivity index (χ3n) is 1.64. The monoisotopic (exact) mass is 306 g/mol. The lowest BCUT2D eigenvalue weighted by atomic mass is 10.3. The van der Waals surface area contributed by atoms with Gasteiger partial charge in [-0.1, -0.05) is 15.9 Å². The van der Waals surface area contributed by atoms with Crippen LogP contribution in [-0.2, 0) is 4.79 Å². The van der Waals surface area contributed by atoms with Crippen LogP contribution in [0.5, 0.6) is 0 Å². The first-order valence-electron chi connectivity index (χ1n) is 4.69. The Morgan fingerprint density at radius 3 is 2.88 bits per heavy atom. The van der Waals surface area contributed by atoms with Crippen molar-refractivity contribution in [2.75, 3.05) is 25.1 Å². The van der Waals surface area contributed by atoms with E-state index in [1.807, 2.05) is 0 Å². The van der Waals surface area contributed by atoms with Crippen molar-refractivity contribution < 1.29 is 4.79 Å². The minimum Gasteiger partial charge on any atom is -0.355 e. The molecule has 2 N–H and O–H groups in total. The van der Waals surface area contributed by atoms with Crippen LogP contribution in [0.2, 0.25) is 0 Å². The summed E-state index contributed by atoms with van der Waals surface area (Å²) >= 11 is 4.96. The van der Waals surface area contributed by atoms with Crippen LogP contribution in [0.4, 0.5) is 0 Å². The van der Waals surface area contributed by atoms with Gasteiger partial charge in [0.15, 0.2) is 6.19 Å². The van der Waals surface area contributed by atoms with Crippen LogP contribution in [0, 0.1) is 11.5 Å². The number of Topliss-reactive ketones (excluding diaryl/α,β-unsaturated/α-hetero) is 1. The molecule has 0 aliphatic rings. The van der Waals surface area contributed by atoms with Gasteiger partial charge in [-0.3, -0.25) is 15.1 Å². The van der Waals surface area contributed by atoms with E-state index >= 15 is 0 Å². The van der Waals surface area contributed by atoms with Gasteiger partial charge in [-0.15, -0.1) is 0 Å². The highest BCUT2D eigenvalue weighted by Gasteiger charge is 2.08. The average molecular weight is 307 g/mol. The molecule has 0 amide bonds. The topological polar surface area (TPSA) is 77.3 Å². The summed E-state index contributed by atoms with van der Waals surface area (Å²) in [5.74, 6) is 2.20. The first-order valence-corrected chi connectivity index (χ1v) is 6.76. The second kappa shape index (κ2) is 9.48. The molecule has 0 aromatic rings. The Bertz CT molecular complexity index is 290. The van der Waals surface area contributed by atoms with Gasteiger partial charge < -0.3 is 5.32 Å². The number of carbonyl (C=O) groups is 1. The van der Waals surface area contributed by atoms with Crippen molar-refractivity contribution in [2.24, 2.45) is 4.99 Å². The molecule has 7 heteroatoms. The van der Waals surface area contributed by atoms with E-state index in [4.69, 9.17) is 5.26 Å². The van der Waals surface area contributed by atoms with Gasteiger partial charge in [-0.05, 0) is 6.92 Å². The number of halogens is 1. The molecule has 0 saturated carbocycles. The van der Waals surface area contributed by atoms with Crippen LogP contribution in [0.3, 0.4) is 0 Å². The number of aliphatic imine (C=N–C) groups is 1. The fraction of sp³-hybridized carbons (Fsp3) is 0.667. The van der Waals surface area contributed by atoms with E-state index in [-0.39, 0.29) is 10.6 Å². The number of nitrogens with zero attached hydrogens (tertiary/aromatic N) is 2. The van der Waals surface area contributed by atoms with Gasteiger partial charge in [0.05, 0.1) is 4.83 Å². The molecule has 0 bridgehead atoms. The number of thioether (sulfide) groups is 1. The molecule has 0 aliphatic heterocycles. The molecule has 0 radical (unpaired) electrons. The van der Waals surface area contributed by atoms with Crippen LogP contribution in [0.25, 0.3) is 0 Å². The third-order valence-corrected chi connectivity index (χ3v) is 4.10. The third kappa shape index (κ3) is 7.54. The highest BCUT2D eigenvalue weighted by molar-refractivity contribution is 9.10. The van der Waals surface area contributed by atoms with Crippen molar-refractivity contribution in [1.82, 2.24) is 10.6 Å². The highest BCUT2D eigenvalue weighted by Crippen LogP contribution is 2.09. The van der Waals surface area contributed by atoms with Gasteiger partial charge in [0.2, 0.25) is 5.96 Å². The first-order chi connectivity index (χ1) is 7.61. The van der Waals surface area contributed by atoms with Crippen LogP contribution >= 0.6 is 27.7 Å². The van der Waals surface area contributed by atoms with Crippen molar-refractivity contribution in [3.8, 4) is 6.19 Å². The van der Waals surface area contributed by atoms with Crippen LogP contribution < -0.4 is 10.6 Å². The molecule has 0 aromatic heterocycles. The fourth-order valence-electron chi connectivity index (χ4n) is 0.778. The lowest BCUT2D eigenvalue weighted by molar-refractivity contribution is -0.116. The van der Waals surface area contributed by atoms with Crippen LogP contribution in [0.15, 0.2) is 4.99 Å². The number of rotatable bonds is 6. The van der Waals surface area contributed by atoms with E-state index < -0.39 is 0 Å². The van der Waals surface area contributed by atoms with Crippen molar-refractivity contribution >= 4 is 39.4 Å². The molecule has 0 aromatic carbocycles. The van der Waals surface area contributed by atoms with Gasteiger partial charge in [0, 0.05) is 25.1 Å². The van der Waals surface area contributed by atoms with Gasteiger partial charge in [-0.2, -0.15) is 17.0 Å². The molecule has 0 heterocycles. The number of hydrogen-bond acceptors (Lipinski definition) is 4. The predicted octanol–water partition coefficient (Wildman–Crippen LogP) is 0.718. The zero-order valence-corrected chi connectivity index (χ0v) is 11.7. The van der Waals surface area contributed by atoms with Crippen molar-refractivity contribution in [2.45, 2.75) is 11.8 Å². The zero-order chi connectivity index (χ0) is 12.4. The number of guanidine groups is 1. The number of alkyl halides is 1. The molecular formula is C9H15BrN4OS. The molecule has 0 saturated heterocycles. The first kappa shape index (κ1) is 15.3. The molecule has 5 nitrogen and oxygen atoms in total. The second-order valence-electron chi connectivity index (χ2n) is 2.89. The Balaban J connectivity index is 3.54. The molecule has 90 valence electrons. The Kier molecular flexibility index (Phi) is 9.04. The van der Waals surface area contributed by atoms with Gasteiger partial charge >= 0.3 is 0 Å². The lowest BCUT2D eigenvalue weighted by Crippen LogP contribution is -2.35. The maximum Gasteiger partial charge on any atom is 0.204 e. The minimum atomic E-state index is -0.0750. The van der Waals surface area contributed by atoms with E-state index in [9.17, 15) is 4.79 Å². The highest BCUT2D eigenvalue weighted by atomic mass is 79.9. The Morgan fingerprint density at radius 1 is 1.69 bits per heavy atom. The average Bonchev–Trinajstić information content (AvgIpc) is 2.26. The lowest BCUT2D eigenvalue weighted by Gasteiger charge is -2.08. The smallest absolute Gasteiger partial charge is 0.204 e.